The molecule has 1 atom stereocenters. The molecular weight excluding hydrogens is 384 g/mol. The summed E-state index contributed by atoms with van der Waals surface area (Å²) in [5, 5.41) is 4.81. The number of benzene rings is 2. The van der Waals surface area contributed by atoms with Gasteiger partial charge in [0.1, 0.15) is 6.54 Å². The number of hydrogen-bond donors (Lipinski definition) is 1. The van der Waals surface area contributed by atoms with Crippen molar-refractivity contribution >= 4 is 12.2 Å². The molecule has 0 spiro atoms. The first-order valence-corrected chi connectivity index (χ1v) is 10.3. The third kappa shape index (κ3) is 4.86. The minimum atomic E-state index is 0.614. The Morgan fingerprint density at radius 3 is 2.48 bits per heavy atom. The molecule has 0 fully saturated rings. The molecule has 29 heavy (non-hydrogen) atoms. The van der Waals surface area contributed by atoms with Crippen LogP contribution in [0.25, 0.3) is 11.4 Å². The molecular formula is C22H29N4O2S+. The minimum absolute atomic E-state index is 0.614. The van der Waals surface area contributed by atoms with Crippen LogP contribution < -0.4 is 14.4 Å². The fourth-order valence-corrected chi connectivity index (χ4v) is 3.71. The van der Waals surface area contributed by atoms with E-state index < -0.39 is 0 Å². The molecule has 0 saturated heterocycles. The van der Waals surface area contributed by atoms with E-state index in [9.17, 15) is 0 Å². The zero-order valence-electron chi connectivity index (χ0n) is 17.5. The van der Waals surface area contributed by atoms with Crippen LogP contribution in [-0.4, -0.2) is 35.1 Å². The second kappa shape index (κ2) is 9.71. The number of nitrogens with zero attached hydrogens (tertiary/aromatic N) is 3. The van der Waals surface area contributed by atoms with Crippen molar-refractivity contribution in [3.8, 4) is 22.9 Å². The third-order valence-corrected chi connectivity index (χ3v) is 5.16. The summed E-state index contributed by atoms with van der Waals surface area (Å²) in [4.78, 5) is 1.27. The summed E-state index contributed by atoms with van der Waals surface area (Å²) in [5.74, 6) is 2.44. The number of ether oxygens (including phenoxy) is 2. The molecule has 1 heterocycles. The highest BCUT2D eigenvalue weighted by Crippen LogP contribution is 2.27. The fraction of sp³-hybridized carbons (Fsp3) is 0.364. The quantitative estimate of drug-likeness (QED) is 0.548. The molecule has 0 aliphatic carbocycles. The van der Waals surface area contributed by atoms with E-state index in [4.69, 9.17) is 26.8 Å². The number of hydrogen-bond acceptors (Lipinski definition) is 4. The Kier molecular flexibility index (Phi) is 7.06. The molecule has 0 aliphatic rings. The maximum Gasteiger partial charge on any atom is 0.203 e. The summed E-state index contributed by atoms with van der Waals surface area (Å²) < 4.78 is 15.8. The smallest absolute Gasteiger partial charge is 0.203 e. The van der Waals surface area contributed by atoms with E-state index in [-0.39, 0.29) is 0 Å². The lowest BCUT2D eigenvalue weighted by Crippen LogP contribution is -3.07. The highest BCUT2D eigenvalue weighted by Gasteiger charge is 2.15. The lowest BCUT2D eigenvalue weighted by molar-refractivity contribution is -0.917. The van der Waals surface area contributed by atoms with Gasteiger partial charge in [-0.3, -0.25) is 0 Å². The van der Waals surface area contributed by atoms with Crippen LogP contribution in [0.3, 0.4) is 0 Å². The van der Waals surface area contributed by atoms with Gasteiger partial charge in [0.25, 0.3) is 0 Å². The predicted molar refractivity (Wildman–Crippen MR) is 117 cm³/mol. The Morgan fingerprint density at radius 2 is 1.83 bits per heavy atom. The molecule has 3 aromatic rings. The lowest BCUT2D eigenvalue weighted by Gasteiger charge is -2.15. The number of rotatable bonds is 9. The third-order valence-electron chi connectivity index (χ3n) is 4.72. The maximum atomic E-state index is 5.69. The van der Waals surface area contributed by atoms with Crippen molar-refractivity contribution in [2.45, 2.75) is 33.6 Å². The molecule has 0 aliphatic heterocycles. The summed E-state index contributed by atoms with van der Waals surface area (Å²) >= 11 is 5.69. The van der Waals surface area contributed by atoms with E-state index in [2.05, 4.69) is 36.7 Å². The zero-order valence-corrected chi connectivity index (χ0v) is 18.3. The second-order valence-electron chi connectivity index (χ2n) is 6.93. The van der Waals surface area contributed by atoms with Crippen LogP contribution in [0.2, 0.25) is 0 Å². The fourth-order valence-electron chi connectivity index (χ4n) is 3.39. The van der Waals surface area contributed by atoms with Crippen LogP contribution >= 0.6 is 12.2 Å². The monoisotopic (exact) mass is 413 g/mol. The molecule has 1 N–H and O–H groups in total. The Labute approximate surface area is 177 Å². The zero-order chi connectivity index (χ0) is 20.8. The van der Waals surface area contributed by atoms with Gasteiger partial charge >= 0.3 is 0 Å². The summed E-state index contributed by atoms with van der Waals surface area (Å²) in [6.45, 7) is 6.97. The van der Waals surface area contributed by atoms with Gasteiger partial charge < -0.3 is 18.9 Å². The van der Waals surface area contributed by atoms with Gasteiger partial charge in [0.05, 0.1) is 20.8 Å². The van der Waals surface area contributed by atoms with Crippen molar-refractivity contribution < 1.29 is 14.4 Å². The van der Waals surface area contributed by atoms with E-state index >= 15 is 0 Å². The summed E-state index contributed by atoms with van der Waals surface area (Å²) in [6.07, 6.45) is 0. The van der Waals surface area contributed by atoms with Crippen molar-refractivity contribution in [1.29, 1.82) is 0 Å². The van der Waals surface area contributed by atoms with Crippen LogP contribution in [-0.2, 0) is 19.8 Å². The Balaban J connectivity index is 1.78. The van der Waals surface area contributed by atoms with Crippen molar-refractivity contribution in [3.63, 3.8) is 0 Å². The summed E-state index contributed by atoms with van der Waals surface area (Å²) in [6, 6.07) is 16.3. The van der Waals surface area contributed by atoms with Crippen molar-refractivity contribution in [2.75, 3.05) is 20.8 Å². The van der Waals surface area contributed by atoms with Gasteiger partial charge in [-0.1, -0.05) is 30.3 Å². The van der Waals surface area contributed by atoms with Crippen molar-refractivity contribution in [2.24, 2.45) is 0 Å². The summed E-state index contributed by atoms with van der Waals surface area (Å²) in [5.41, 5.74) is 2.25. The van der Waals surface area contributed by atoms with E-state index in [0.717, 1.165) is 40.7 Å². The topological polar surface area (TPSA) is 45.7 Å². The maximum absolute atomic E-state index is 5.69. The molecule has 0 amide bonds. The molecule has 2 aromatic carbocycles. The van der Waals surface area contributed by atoms with E-state index in [1.807, 2.05) is 41.9 Å². The SMILES string of the molecule is CCOc1ccc(C[NH+](C)Cn2nc(-c3ccccc3)n(CC)c2=S)cc1OC. The highest BCUT2D eigenvalue weighted by atomic mass is 32.1. The average Bonchev–Trinajstić information content (AvgIpc) is 3.05. The molecule has 0 saturated carbocycles. The second-order valence-corrected chi connectivity index (χ2v) is 7.29. The van der Waals surface area contributed by atoms with E-state index in [1.165, 1.54) is 10.5 Å². The predicted octanol–water partition coefficient (Wildman–Crippen LogP) is 3.18. The largest absolute Gasteiger partial charge is 0.493 e. The number of nitrogens with one attached hydrogen (secondary N) is 1. The molecule has 3 rings (SSSR count). The van der Waals surface area contributed by atoms with Gasteiger partial charge in [0.15, 0.2) is 24.0 Å². The van der Waals surface area contributed by atoms with Crippen LogP contribution in [0.5, 0.6) is 11.5 Å². The van der Waals surface area contributed by atoms with E-state index in [0.29, 0.717) is 13.3 Å². The van der Waals surface area contributed by atoms with Gasteiger partial charge in [-0.15, -0.1) is 5.10 Å². The Morgan fingerprint density at radius 1 is 1.07 bits per heavy atom. The molecule has 1 aromatic heterocycles. The van der Waals surface area contributed by atoms with Crippen LogP contribution in [0, 0.1) is 4.77 Å². The normalized spacial score (nSPS) is 12.0. The van der Waals surface area contributed by atoms with Gasteiger partial charge in [0.2, 0.25) is 4.77 Å². The Hall–Kier alpha value is -2.64. The number of aromatic nitrogens is 3. The molecule has 1 unspecified atom stereocenters. The van der Waals surface area contributed by atoms with Gasteiger partial charge in [-0.25, -0.2) is 0 Å². The summed E-state index contributed by atoms with van der Waals surface area (Å²) in [7, 11) is 3.80. The molecule has 0 bridgehead atoms. The molecule has 6 nitrogen and oxygen atoms in total. The van der Waals surface area contributed by atoms with Gasteiger partial charge in [-0.2, -0.15) is 4.68 Å². The number of quaternary nitrogens is 1. The molecule has 7 heteroatoms. The highest BCUT2D eigenvalue weighted by molar-refractivity contribution is 7.71. The van der Waals surface area contributed by atoms with Gasteiger partial charge in [0, 0.05) is 17.7 Å². The molecule has 0 radical (unpaired) electrons. The van der Waals surface area contributed by atoms with E-state index in [1.54, 1.807) is 7.11 Å². The van der Waals surface area contributed by atoms with Crippen LogP contribution in [0.15, 0.2) is 48.5 Å². The van der Waals surface area contributed by atoms with Crippen LogP contribution in [0.1, 0.15) is 19.4 Å². The van der Waals surface area contributed by atoms with Crippen LogP contribution in [0.4, 0.5) is 0 Å². The lowest BCUT2D eigenvalue weighted by atomic mass is 10.2. The molecule has 154 valence electrons. The Bertz CT molecular complexity index is 998. The first-order valence-electron chi connectivity index (χ1n) is 9.91. The van der Waals surface area contributed by atoms with Crippen molar-refractivity contribution in [3.05, 3.63) is 58.9 Å². The minimum Gasteiger partial charge on any atom is -0.493 e. The first-order chi connectivity index (χ1) is 14.1. The average molecular weight is 414 g/mol. The standard InChI is InChI=1S/C22H28N4O2S/c1-5-25-21(18-10-8-7-9-11-18)23-26(22(25)29)16-24(3)15-17-12-13-19(28-6-2)20(14-17)27-4/h7-14H,5-6,15-16H2,1-4H3/p+1. The van der Waals surface area contributed by atoms with Gasteiger partial charge in [-0.05, 0) is 44.3 Å². The number of methoxy groups -OCH3 is 1. The van der Waals surface area contributed by atoms with Crippen molar-refractivity contribution in [1.82, 2.24) is 14.3 Å². The first kappa shape index (κ1) is 21.1.